The molecule has 0 radical (unpaired) electrons. The molecule has 1 unspecified atom stereocenters. The first-order valence-corrected chi connectivity index (χ1v) is 10.5. The summed E-state index contributed by atoms with van der Waals surface area (Å²) in [5.74, 6) is -0.861. The molecule has 0 bridgehead atoms. The van der Waals surface area contributed by atoms with Crippen LogP contribution < -0.4 is 0 Å². The third kappa shape index (κ3) is 9.36. The van der Waals surface area contributed by atoms with Crippen LogP contribution in [0.25, 0.3) is 0 Å². The first-order valence-electron chi connectivity index (χ1n) is 10.0. The van der Waals surface area contributed by atoms with Crippen molar-refractivity contribution in [2.75, 3.05) is 21.3 Å². The van der Waals surface area contributed by atoms with Gasteiger partial charge in [-0.25, -0.2) is 0 Å². The zero-order chi connectivity index (χ0) is 19.1. The van der Waals surface area contributed by atoms with Crippen LogP contribution in [0.1, 0.15) is 81.6 Å². The molecule has 1 rings (SSSR count). The lowest BCUT2D eigenvalue weighted by molar-refractivity contribution is -0.355. The summed E-state index contributed by atoms with van der Waals surface area (Å²) in [7, 11) is 4.87. The molecule has 0 heterocycles. The third-order valence-electron chi connectivity index (χ3n) is 5.03. The summed E-state index contributed by atoms with van der Waals surface area (Å²) in [5.41, 5.74) is 1.24. The van der Waals surface area contributed by atoms with Crippen molar-refractivity contribution >= 4 is 11.6 Å². The highest BCUT2D eigenvalue weighted by atomic mass is 35.5. The van der Waals surface area contributed by atoms with Crippen molar-refractivity contribution in [3.8, 4) is 0 Å². The lowest BCUT2D eigenvalue weighted by Gasteiger charge is -2.28. The van der Waals surface area contributed by atoms with Gasteiger partial charge in [0.05, 0.1) is 5.38 Å². The van der Waals surface area contributed by atoms with Crippen LogP contribution >= 0.6 is 11.6 Å². The molecule has 1 aromatic carbocycles. The maximum Gasteiger partial charge on any atom is 0.282 e. The van der Waals surface area contributed by atoms with Crippen molar-refractivity contribution in [3.05, 3.63) is 35.9 Å². The molecule has 0 aromatic heterocycles. The van der Waals surface area contributed by atoms with E-state index in [1.54, 1.807) is 21.3 Å². The lowest BCUT2D eigenvalue weighted by Crippen LogP contribution is -2.35. The molecular formula is C22H37ClO3. The first kappa shape index (κ1) is 23.4. The molecule has 0 saturated carbocycles. The summed E-state index contributed by atoms with van der Waals surface area (Å²) in [5, 5.41) is 0.162. The van der Waals surface area contributed by atoms with Gasteiger partial charge in [-0.2, -0.15) is 0 Å². The predicted molar refractivity (Wildman–Crippen MR) is 110 cm³/mol. The second-order valence-corrected chi connectivity index (χ2v) is 7.42. The molecule has 150 valence electrons. The molecular weight excluding hydrogens is 348 g/mol. The van der Waals surface area contributed by atoms with Crippen LogP contribution in [0.5, 0.6) is 0 Å². The van der Waals surface area contributed by atoms with Gasteiger partial charge in [-0.05, 0) is 18.4 Å². The fourth-order valence-corrected chi connectivity index (χ4v) is 3.59. The van der Waals surface area contributed by atoms with Crippen LogP contribution in [0, 0.1) is 0 Å². The fourth-order valence-electron chi connectivity index (χ4n) is 3.29. The van der Waals surface area contributed by atoms with E-state index in [2.05, 4.69) is 24.3 Å². The third-order valence-corrected chi connectivity index (χ3v) is 5.51. The van der Waals surface area contributed by atoms with E-state index in [1.807, 2.05) is 6.07 Å². The van der Waals surface area contributed by atoms with Crippen molar-refractivity contribution in [1.82, 2.24) is 0 Å². The molecule has 0 saturated heterocycles. The highest BCUT2D eigenvalue weighted by Crippen LogP contribution is 2.26. The van der Waals surface area contributed by atoms with Gasteiger partial charge in [0.1, 0.15) is 0 Å². The molecule has 0 aliphatic rings. The van der Waals surface area contributed by atoms with Crippen LogP contribution in [-0.2, 0) is 14.2 Å². The van der Waals surface area contributed by atoms with Crippen LogP contribution in [0.3, 0.4) is 0 Å². The minimum absolute atomic E-state index is 0.162. The lowest BCUT2D eigenvalue weighted by atomic mass is 10.0. The summed E-state index contributed by atoms with van der Waals surface area (Å²) in [6.07, 6.45) is 13.2. The van der Waals surface area contributed by atoms with E-state index >= 15 is 0 Å². The van der Waals surface area contributed by atoms with E-state index in [0.717, 1.165) is 19.3 Å². The van der Waals surface area contributed by atoms with Gasteiger partial charge in [0, 0.05) is 27.8 Å². The van der Waals surface area contributed by atoms with E-state index in [1.165, 1.54) is 56.9 Å². The summed E-state index contributed by atoms with van der Waals surface area (Å²) in [6.45, 7) is 0. The second kappa shape index (κ2) is 14.4. The molecule has 0 fully saturated rings. The quantitative estimate of drug-likeness (QED) is 0.177. The minimum atomic E-state index is -0.861. The highest BCUT2D eigenvalue weighted by molar-refractivity contribution is 6.20. The molecule has 26 heavy (non-hydrogen) atoms. The molecule has 1 aromatic rings. The standard InChI is InChI=1S/C22H37ClO3/c1-24-22(25-2,26-3)19-15-10-8-6-4-5-7-9-14-18-21(23)20-16-12-11-13-17-20/h11-13,16-17,21H,4-10,14-15,18-19H2,1-3H3. The Morgan fingerprint density at radius 1 is 0.731 bits per heavy atom. The van der Waals surface area contributed by atoms with Crippen LogP contribution in [0.2, 0.25) is 0 Å². The van der Waals surface area contributed by atoms with Crippen molar-refractivity contribution in [2.45, 2.75) is 82.0 Å². The number of rotatable bonds is 16. The smallest absolute Gasteiger partial charge is 0.282 e. The fraction of sp³-hybridized carbons (Fsp3) is 0.727. The number of hydrogen-bond acceptors (Lipinski definition) is 3. The van der Waals surface area contributed by atoms with Gasteiger partial charge in [-0.3, -0.25) is 0 Å². The normalized spacial score (nSPS) is 13.1. The number of benzene rings is 1. The topological polar surface area (TPSA) is 27.7 Å². The Morgan fingerprint density at radius 3 is 1.69 bits per heavy atom. The largest absolute Gasteiger partial charge is 0.331 e. The van der Waals surface area contributed by atoms with Gasteiger partial charge >= 0.3 is 0 Å². The summed E-state index contributed by atoms with van der Waals surface area (Å²) in [4.78, 5) is 0. The minimum Gasteiger partial charge on any atom is -0.331 e. The predicted octanol–water partition coefficient (Wildman–Crippen LogP) is 6.85. The number of ether oxygens (including phenoxy) is 3. The maximum atomic E-state index is 6.45. The van der Waals surface area contributed by atoms with Crippen molar-refractivity contribution in [3.63, 3.8) is 0 Å². The maximum absolute atomic E-state index is 6.45. The number of hydrogen-bond donors (Lipinski definition) is 0. The average molecular weight is 385 g/mol. The van der Waals surface area contributed by atoms with Crippen molar-refractivity contribution < 1.29 is 14.2 Å². The van der Waals surface area contributed by atoms with Crippen LogP contribution in [0.4, 0.5) is 0 Å². The van der Waals surface area contributed by atoms with E-state index in [9.17, 15) is 0 Å². The highest BCUT2D eigenvalue weighted by Gasteiger charge is 2.28. The van der Waals surface area contributed by atoms with E-state index < -0.39 is 5.97 Å². The first-order chi connectivity index (χ1) is 12.7. The Balaban J connectivity index is 1.92. The van der Waals surface area contributed by atoms with Gasteiger partial charge in [0.25, 0.3) is 5.97 Å². The zero-order valence-electron chi connectivity index (χ0n) is 16.8. The summed E-state index contributed by atoms with van der Waals surface area (Å²) < 4.78 is 15.9. The molecule has 0 spiro atoms. The van der Waals surface area contributed by atoms with Crippen molar-refractivity contribution in [1.29, 1.82) is 0 Å². The average Bonchev–Trinajstić information content (AvgIpc) is 2.70. The summed E-state index contributed by atoms with van der Waals surface area (Å²) >= 11 is 6.45. The van der Waals surface area contributed by atoms with E-state index in [-0.39, 0.29) is 5.38 Å². The molecule has 0 amide bonds. The number of halogens is 1. The Kier molecular flexibility index (Phi) is 13.0. The molecule has 0 aliphatic heterocycles. The Hall–Kier alpha value is -0.610. The van der Waals surface area contributed by atoms with Crippen LogP contribution in [0.15, 0.2) is 30.3 Å². The molecule has 3 nitrogen and oxygen atoms in total. The summed E-state index contributed by atoms with van der Waals surface area (Å²) in [6, 6.07) is 10.4. The SMILES string of the molecule is COC(CCCCCCCCCCCC(Cl)c1ccccc1)(OC)OC. The van der Waals surface area contributed by atoms with Gasteiger partial charge in [0.15, 0.2) is 0 Å². The molecule has 1 atom stereocenters. The van der Waals surface area contributed by atoms with E-state index in [0.29, 0.717) is 0 Å². The molecule has 0 N–H and O–H groups in total. The molecule has 4 heteroatoms. The van der Waals surface area contributed by atoms with Gasteiger partial charge in [-0.1, -0.05) is 81.7 Å². The monoisotopic (exact) mass is 384 g/mol. The van der Waals surface area contributed by atoms with Crippen molar-refractivity contribution in [2.24, 2.45) is 0 Å². The van der Waals surface area contributed by atoms with Gasteiger partial charge in [-0.15, -0.1) is 11.6 Å². The Morgan fingerprint density at radius 2 is 1.19 bits per heavy atom. The number of unbranched alkanes of at least 4 members (excludes halogenated alkanes) is 8. The molecule has 0 aliphatic carbocycles. The van der Waals surface area contributed by atoms with E-state index in [4.69, 9.17) is 25.8 Å². The zero-order valence-corrected chi connectivity index (χ0v) is 17.6. The van der Waals surface area contributed by atoms with Gasteiger partial charge < -0.3 is 14.2 Å². The second-order valence-electron chi connectivity index (χ2n) is 6.89. The Labute approximate surface area is 165 Å². The van der Waals surface area contributed by atoms with Crippen LogP contribution in [-0.4, -0.2) is 27.3 Å². The number of methoxy groups -OCH3 is 3. The van der Waals surface area contributed by atoms with Gasteiger partial charge in [0.2, 0.25) is 0 Å². The number of alkyl halides is 1. The Bertz CT molecular complexity index is 426.